The third-order valence-corrected chi connectivity index (χ3v) is 1.75. The minimum absolute atomic E-state index is 0.300. The molecule has 0 saturated heterocycles. The van der Waals surface area contributed by atoms with Gasteiger partial charge in [0.1, 0.15) is 5.60 Å². The molecule has 0 aliphatic carbocycles. The van der Waals surface area contributed by atoms with E-state index in [-0.39, 0.29) is 6.09 Å². The zero-order valence-corrected chi connectivity index (χ0v) is 10.8. The van der Waals surface area contributed by atoms with Crippen molar-refractivity contribution in [3.63, 3.8) is 0 Å². The van der Waals surface area contributed by atoms with Crippen LogP contribution in [-0.2, 0) is 9.47 Å². The molecular formula is C11H24N2O3. The smallest absolute Gasteiger partial charge is 0.410 e. The van der Waals surface area contributed by atoms with E-state index in [1.54, 1.807) is 11.9 Å². The molecule has 0 atom stereocenters. The lowest BCUT2D eigenvalue weighted by atomic mass is 10.2. The summed E-state index contributed by atoms with van der Waals surface area (Å²) in [6, 6.07) is 0. The number of rotatable bonds is 6. The fourth-order valence-electron chi connectivity index (χ4n) is 1.02. The van der Waals surface area contributed by atoms with E-state index >= 15 is 0 Å². The molecule has 0 aromatic carbocycles. The quantitative estimate of drug-likeness (QED) is 0.699. The molecule has 0 heterocycles. The van der Waals surface area contributed by atoms with E-state index in [0.29, 0.717) is 26.3 Å². The van der Waals surface area contributed by atoms with Gasteiger partial charge in [0.05, 0.1) is 6.61 Å². The van der Waals surface area contributed by atoms with Crippen molar-refractivity contribution < 1.29 is 14.3 Å². The van der Waals surface area contributed by atoms with Crippen LogP contribution in [0.1, 0.15) is 27.2 Å². The molecule has 0 bridgehead atoms. The molecule has 96 valence electrons. The number of hydrogen-bond donors (Lipinski definition) is 1. The lowest BCUT2D eigenvalue weighted by Gasteiger charge is -2.24. The van der Waals surface area contributed by atoms with E-state index in [4.69, 9.17) is 15.2 Å². The summed E-state index contributed by atoms with van der Waals surface area (Å²) in [6.45, 7) is 7.89. The maximum absolute atomic E-state index is 11.5. The van der Waals surface area contributed by atoms with Crippen LogP contribution in [0.3, 0.4) is 0 Å². The van der Waals surface area contributed by atoms with Gasteiger partial charge < -0.3 is 20.1 Å². The minimum atomic E-state index is -0.443. The number of ether oxygens (including phenoxy) is 2. The van der Waals surface area contributed by atoms with E-state index in [9.17, 15) is 4.79 Å². The summed E-state index contributed by atoms with van der Waals surface area (Å²) in [4.78, 5) is 13.1. The lowest BCUT2D eigenvalue weighted by molar-refractivity contribution is 0.0280. The van der Waals surface area contributed by atoms with E-state index in [2.05, 4.69) is 0 Å². The van der Waals surface area contributed by atoms with Crippen LogP contribution >= 0.6 is 0 Å². The molecular weight excluding hydrogens is 208 g/mol. The fourth-order valence-corrected chi connectivity index (χ4v) is 1.02. The Morgan fingerprint density at radius 2 is 1.94 bits per heavy atom. The van der Waals surface area contributed by atoms with Crippen LogP contribution in [0.2, 0.25) is 0 Å². The van der Waals surface area contributed by atoms with Crippen LogP contribution < -0.4 is 5.73 Å². The average molecular weight is 232 g/mol. The molecule has 0 spiro atoms. The Morgan fingerprint density at radius 1 is 1.31 bits per heavy atom. The van der Waals surface area contributed by atoms with Gasteiger partial charge in [-0.15, -0.1) is 0 Å². The summed E-state index contributed by atoms with van der Waals surface area (Å²) in [5.41, 5.74) is 4.84. The molecule has 16 heavy (non-hydrogen) atoms. The van der Waals surface area contributed by atoms with Gasteiger partial charge in [-0.05, 0) is 27.2 Å². The van der Waals surface area contributed by atoms with E-state index < -0.39 is 5.60 Å². The van der Waals surface area contributed by atoms with Crippen molar-refractivity contribution in [3.8, 4) is 0 Å². The predicted octanol–water partition coefficient (Wildman–Crippen LogP) is 1.22. The van der Waals surface area contributed by atoms with Crippen LogP contribution in [0, 0.1) is 0 Å². The number of carbonyl (C=O) groups excluding carboxylic acids is 1. The predicted molar refractivity (Wildman–Crippen MR) is 63.4 cm³/mol. The van der Waals surface area contributed by atoms with Crippen LogP contribution in [-0.4, -0.2) is 49.9 Å². The topological polar surface area (TPSA) is 64.8 Å². The van der Waals surface area contributed by atoms with Gasteiger partial charge in [0.2, 0.25) is 0 Å². The Bertz CT molecular complexity index is 202. The van der Waals surface area contributed by atoms with Gasteiger partial charge in [-0.3, -0.25) is 0 Å². The molecule has 0 radical (unpaired) electrons. The molecule has 0 rings (SSSR count). The molecule has 0 unspecified atom stereocenters. The molecule has 0 aliphatic heterocycles. The second-order valence-corrected chi connectivity index (χ2v) is 4.66. The third kappa shape index (κ3) is 8.49. The van der Waals surface area contributed by atoms with Gasteiger partial charge in [0.25, 0.3) is 0 Å². The fraction of sp³-hybridized carbons (Fsp3) is 0.909. The van der Waals surface area contributed by atoms with Gasteiger partial charge in [0.15, 0.2) is 0 Å². The number of hydrogen-bond acceptors (Lipinski definition) is 4. The first-order chi connectivity index (χ1) is 7.37. The number of nitrogens with zero attached hydrogens (tertiary/aromatic N) is 1. The Balaban J connectivity index is 3.64. The van der Waals surface area contributed by atoms with Gasteiger partial charge in [-0.2, -0.15) is 0 Å². The standard InChI is InChI=1S/C11H24N2O3/c1-11(2,3)16-10(14)13(4)7-5-8-15-9-6-12/h5-9,12H2,1-4H3. The highest BCUT2D eigenvalue weighted by molar-refractivity contribution is 5.67. The van der Waals surface area contributed by atoms with E-state index in [1.165, 1.54) is 0 Å². The first-order valence-electron chi connectivity index (χ1n) is 5.59. The molecule has 2 N–H and O–H groups in total. The Kier molecular flexibility index (Phi) is 7.08. The average Bonchev–Trinajstić information content (AvgIpc) is 2.14. The Morgan fingerprint density at radius 3 is 2.44 bits per heavy atom. The maximum Gasteiger partial charge on any atom is 0.410 e. The third-order valence-electron chi connectivity index (χ3n) is 1.75. The number of amides is 1. The highest BCUT2D eigenvalue weighted by Gasteiger charge is 2.18. The molecule has 5 nitrogen and oxygen atoms in total. The molecule has 0 saturated carbocycles. The van der Waals surface area contributed by atoms with Crippen molar-refractivity contribution >= 4 is 6.09 Å². The van der Waals surface area contributed by atoms with E-state index in [1.807, 2.05) is 20.8 Å². The van der Waals surface area contributed by atoms with Crippen molar-refractivity contribution in [1.29, 1.82) is 0 Å². The van der Waals surface area contributed by atoms with Crippen LogP contribution in [0.25, 0.3) is 0 Å². The summed E-state index contributed by atoms with van der Waals surface area (Å²) >= 11 is 0. The van der Waals surface area contributed by atoms with E-state index in [0.717, 1.165) is 6.42 Å². The van der Waals surface area contributed by atoms with Crippen molar-refractivity contribution in [2.75, 3.05) is 33.4 Å². The number of nitrogens with two attached hydrogens (primary N) is 1. The zero-order valence-electron chi connectivity index (χ0n) is 10.8. The van der Waals surface area contributed by atoms with Crippen molar-refractivity contribution in [2.24, 2.45) is 5.73 Å². The Hall–Kier alpha value is -0.810. The largest absolute Gasteiger partial charge is 0.444 e. The normalized spacial score (nSPS) is 11.3. The summed E-state index contributed by atoms with van der Waals surface area (Å²) in [7, 11) is 1.72. The highest BCUT2D eigenvalue weighted by atomic mass is 16.6. The minimum Gasteiger partial charge on any atom is -0.444 e. The lowest BCUT2D eigenvalue weighted by Crippen LogP contribution is -2.35. The first kappa shape index (κ1) is 15.2. The van der Waals surface area contributed by atoms with Crippen molar-refractivity contribution in [3.05, 3.63) is 0 Å². The molecule has 0 aromatic heterocycles. The molecule has 5 heteroatoms. The molecule has 1 amide bonds. The van der Waals surface area contributed by atoms with Gasteiger partial charge >= 0.3 is 6.09 Å². The molecule has 0 aliphatic rings. The summed E-state index contributed by atoms with van der Waals surface area (Å²) < 4.78 is 10.4. The molecule has 0 fully saturated rings. The maximum atomic E-state index is 11.5. The summed E-state index contributed by atoms with van der Waals surface area (Å²) in [5.74, 6) is 0. The monoisotopic (exact) mass is 232 g/mol. The van der Waals surface area contributed by atoms with Crippen LogP contribution in [0.15, 0.2) is 0 Å². The van der Waals surface area contributed by atoms with Gasteiger partial charge in [-0.1, -0.05) is 0 Å². The van der Waals surface area contributed by atoms with Crippen molar-refractivity contribution in [2.45, 2.75) is 32.8 Å². The summed E-state index contributed by atoms with van der Waals surface area (Å²) in [6.07, 6.45) is 0.488. The molecule has 0 aromatic rings. The summed E-state index contributed by atoms with van der Waals surface area (Å²) in [5, 5.41) is 0. The zero-order chi connectivity index (χ0) is 12.6. The van der Waals surface area contributed by atoms with Crippen LogP contribution in [0.4, 0.5) is 4.79 Å². The second-order valence-electron chi connectivity index (χ2n) is 4.66. The SMILES string of the molecule is CN(CCCOCCN)C(=O)OC(C)(C)C. The van der Waals surface area contributed by atoms with Gasteiger partial charge in [-0.25, -0.2) is 4.79 Å². The number of carbonyl (C=O) groups is 1. The Labute approximate surface area is 97.9 Å². The first-order valence-corrected chi connectivity index (χ1v) is 5.59. The van der Waals surface area contributed by atoms with Crippen molar-refractivity contribution in [1.82, 2.24) is 4.90 Å². The van der Waals surface area contributed by atoms with Crippen LogP contribution in [0.5, 0.6) is 0 Å². The second kappa shape index (κ2) is 7.46. The highest BCUT2D eigenvalue weighted by Crippen LogP contribution is 2.09. The van der Waals surface area contributed by atoms with Gasteiger partial charge in [0, 0.05) is 26.7 Å².